The van der Waals surface area contributed by atoms with Crippen LogP contribution in [0.25, 0.3) is 0 Å². The standard InChI is InChI=1S/C11H15NO5S/c1-15-10-4-3-9(5-11(10)16-2)18(13,14)12-6-8-7-17-8/h3-5,8,12H,6-7H2,1-2H3/t8-/m1/s1. The minimum atomic E-state index is -3.54. The average Bonchev–Trinajstić information content (AvgIpc) is 3.19. The van der Waals surface area contributed by atoms with Crippen LogP contribution in [0.2, 0.25) is 0 Å². The highest BCUT2D eigenvalue weighted by atomic mass is 32.2. The molecule has 2 rings (SSSR count). The lowest BCUT2D eigenvalue weighted by molar-refractivity contribution is 0.354. The van der Waals surface area contributed by atoms with Crippen LogP contribution in [0, 0.1) is 0 Å². The van der Waals surface area contributed by atoms with Crippen molar-refractivity contribution in [3.05, 3.63) is 18.2 Å². The van der Waals surface area contributed by atoms with Crippen molar-refractivity contribution in [1.82, 2.24) is 4.72 Å². The Kier molecular flexibility index (Phi) is 3.74. The molecule has 1 atom stereocenters. The summed E-state index contributed by atoms with van der Waals surface area (Å²) in [4.78, 5) is 0.140. The third kappa shape index (κ3) is 2.92. The Morgan fingerprint density at radius 1 is 1.33 bits per heavy atom. The van der Waals surface area contributed by atoms with Gasteiger partial charge in [-0.1, -0.05) is 0 Å². The molecule has 1 fully saturated rings. The summed E-state index contributed by atoms with van der Waals surface area (Å²) < 4.78 is 41.5. The zero-order valence-corrected chi connectivity index (χ0v) is 11.0. The lowest BCUT2D eigenvalue weighted by Gasteiger charge is -2.10. The first-order valence-electron chi connectivity index (χ1n) is 5.40. The number of rotatable bonds is 6. The zero-order chi connectivity index (χ0) is 13.2. The first kappa shape index (κ1) is 13.1. The minimum Gasteiger partial charge on any atom is -0.493 e. The maximum Gasteiger partial charge on any atom is 0.240 e. The van der Waals surface area contributed by atoms with Crippen LogP contribution in [0.4, 0.5) is 0 Å². The number of hydrogen-bond acceptors (Lipinski definition) is 5. The first-order valence-corrected chi connectivity index (χ1v) is 6.88. The van der Waals surface area contributed by atoms with E-state index in [0.717, 1.165) is 0 Å². The lowest BCUT2D eigenvalue weighted by atomic mass is 10.3. The second-order valence-corrected chi connectivity index (χ2v) is 5.59. The molecule has 1 heterocycles. The summed E-state index contributed by atoms with van der Waals surface area (Å²) in [5.74, 6) is 0.866. The van der Waals surface area contributed by atoms with Crippen molar-refractivity contribution in [3.8, 4) is 11.5 Å². The van der Waals surface area contributed by atoms with Gasteiger partial charge in [0.25, 0.3) is 0 Å². The van der Waals surface area contributed by atoms with Gasteiger partial charge in [-0.3, -0.25) is 0 Å². The summed E-state index contributed by atoms with van der Waals surface area (Å²) >= 11 is 0. The molecular formula is C11H15NO5S. The maximum absolute atomic E-state index is 12.0. The van der Waals surface area contributed by atoms with Crippen LogP contribution < -0.4 is 14.2 Å². The molecule has 0 amide bonds. The number of sulfonamides is 1. The molecule has 0 radical (unpaired) electrons. The molecular weight excluding hydrogens is 258 g/mol. The molecule has 1 N–H and O–H groups in total. The first-order chi connectivity index (χ1) is 8.56. The van der Waals surface area contributed by atoms with Gasteiger partial charge in [-0.15, -0.1) is 0 Å². The van der Waals surface area contributed by atoms with Gasteiger partial charge in [0.15, 0.2) is 11.5 Å². The Hall–Kier alpha value is -1.31. The van der Waals surface area contributed by atoms with E-state index in [0.29, 0.717) is 18.1 Å². The molecule has 0 aromatic heterocycles. The SMILES string of the molecule is COc1ccc(S(=O)(=O)NC[C@@H]2CO2)cc1OC. The van der Waals surface area contributed by atoms with Gasteiger partial charge in [-0.05, 0) is 12.1 Å². The molecule has 0 saturated carbocycles. The van der Waals surface area contributed by atoms with Crippen LogP contribution in [0.3, 0.4) is 0 Å². The van der Waals surface area contributed by atoms with E-state index < -0.39 is 10.0 Å². The van der Waals surface area contributed by atoms with E-state index in [-0.39, 0.29) is 17.5 Å². The van der Waals surface area contributed by atoms with E-state index >= 15 is 0 Å². The molecule has 6 nitrogen and oxygen atoms in total. The van der Waals surface area contributed by atoms with Gasteiger partial charge in [-0.25, -0.2) is 13.1 Å². The second-order valence-electron chi connectivity index (χ2n) is 3.82. The fourth-order valence-corrected chi connectivity index (χ4v) is 2.54. The summed E-state index contributed by atoms with van der Waals surface area (Å²) in [6.45, 7) is 0.894. The Morgan fingerprint density at radius 3 is 2.56 bits per heavy atom. The maximum atomic E-state index is 12.0. The van der Waals surface area contributed by atoms with Crippen molar-refractivity contribution in [2.24, 2.45) is 0 Å². The molecule has 0 unspecified atom stereocenters. The molecule has 1 aromatic rings. The summed E-state index contributed by atoms with van der Waals surface area (Å²) in [5, 5.41) is 0. The highest BCUT2D eigenvalue weighted by Gasteiger charge is 2.25. The highest BCUT2D eigenvalue weighted by molar-refractivity contribution is 7.89. The quantitative estimate of drug-likeness (QED) is 0.758. The predicted molar refractivity (Wildman–Crippen MR) is 64.5 cm³/mol. The molecule has 1 aliphatic heterocycles. The van der Waals surface area contributed by atoms with E-state index in [1.54, 1.807) is 6.07 Å². The summed E-state index contributed by atoms with van der Waals surface area (Å²) in [6, 6.07) is 4.45. The zero-order valence-electron chi connectivity index (χ0n) is 10.2. The van der Waals surface area contributed by atoms with Crippen LogP contribution in [0.1, 0.15) is 0 Å². The van der Waals surface area contributed by atoms with Crippen molar-refractivity contribution in [3.63, 3.8) is 0 Å². The molecule has 1 aliphatic rings. The number of methoxy groups -OCH3 is 2. The van der Waals surface area contributed by atoms with Crippen molar-refractivity contribution in [1.29, 1.82) is 0 Å². The number of benzene rings is 1. The Morgan fingerprint density at radius 2 is 2.00 bits per heavy atom. The van der Waals surface area contributed by atoms with Crippen LogP contribution >= 0.6 is 0 Å². The average molecular weight is 273 g/mol. The summed E-state index contributed by atoms with van der Waals surface area (Å²) in [7, 11) is -0.586. The molecule has 0 bridgehead atoms. The monoisotopic (exact) mass is 273 g/mol. The number of nitrogens with one attached hydrogen (secondary N) is 1. The largest absolute Gasteiger partial charge is 0.493 e. The Bertz CT molecular complexity index is 524. The van der Waals surface area contributed by atoms with Crippen molar-refractivity contribution in [2.45, 2.75) is 11.0 Å². The minimum absolute atomic E-state index is 0.0000751. The van der Waals surface area contributed by atoms with E-state index in [2.05, 4.69) is 4.72 Å². The number of hydrogen-bond donors (Lipinski definition) is 1. The van der Waals surface area contributed by atoms with Gasteiger partial charge < -0.3 is 14.2 Å². The Balaban J connectivity index is 2.20. The predicted octanol–water partition coefficient (Wildman–Crippen LogP) is 0.381. The van der Waals surface area contributed by atoms with Crippen molar-refractivity contribution >= 4 is 10.0 Å². The number of ether oxygens (including phenoxy) is 3. The van der Waals surface area contributed by atoms with E-state index in [9.17, 15) is 8.42 Å². The van der Waals surface area contributed by atoms with Crippen molar-refractivity contribution < 1.29 is 22.6 Å². The molecule has 1 saturated heterocycles. The van der Waals surface area contributed by atoms with Gasteiger partial charge in [0, 0.05) is 12.6 Å². The molecule has 18 heavy (non-hydrogen) atoms. The topological polar surface area (TPSA) is 77.2 Å². The van der Waals surface area contributed by atoms with Gasteiger partial charge in [0.2, 0.25) is 10.0 Å². The van der Waals surface area contributed by atoms with Crippen LogP contribution in [0.15, 0.2) is 23.1 Å². The van der Waals surface area contributed by atoms with Crippen molar-refractivity contribution in [2.75, 3.05) is 27.4 Å². The molecule has 0 aliphatic carbocycles. The smallest absolute Gasteiger partial charge is 0.240 e. The van der Waals surface area contributed by atoms with E-state index in [4.69, 9.17) is 14.2 Å². The molecule has 100 valence electrons. The van der Waals surface area contributed by atoms with E-state index in [1.807, 2.05) is 0 Å². The third-order valence-electron chi connectivity index (χ3n) is 2.57. The normalized spacial score (nSPS) is 18.4. The third-order valence-corrected chi connectivity index (χ3v) is 3.99. The fourth-order valence-electron chi connectivity index (χ4n) is 1.46. The number of epoxide rings is 1. The summed E-state index contributed by atoms with van der Waals surface area (Å²) in [6.07, 6.45) is -0.0000751. The van der Waals surface area contributed by atoms with Gasteiger partial charge >= 0.3 is 0 Å². The summed E-state index contributed by atoms with van der Waals surface area (Å²) in [5.41, 5.74) is 0. The molecule has 1 aromatic carbocycles. The fraction of sp³-hybridized carbons (Fsp3) is 0.455. The highest BCUT2D eigenvalue weighted by Crippen LogP contribution is 2.29. The van der Waals surface area contributed by atoms with Crippen LogP contribution in [-0.4, -0.2) is 41.9 Å². The lowest BCUT2D eigenvalue weighted by Crippen LogP contribution is -2.27. The van der Waals surface area contributed by atoms with Gasteiger partial charge in [-0.2, -0.15) is 0 Å². The Labute approximate surface area is 106 Å². The second kappa shape index (κ2) is 5.13. The van der Waals surface area contributed by atoms with Crippen LogP contribution in [-0.2, 0) is 14.8 Å². The van der Waals surface area contributed by atoms with Gasteiger partial charge in [0.1, 0.15) is 0 Å². The van der Waals surface area contributed by atoms with Crippen LogP contribution in [0.5, 0.6) is 11.5 Å². The van der Waals surface area contributed by atoms with Gasteiger partial charge in [0.05, 0.1) is 31.8 Å². The van der Waals surface area contributed by atoms with E-state index in [1.165, 1.54) is 26.4 Å². The molecule has 7 heteroatoms. The molecule has 0 spiro atoms.